The highest BCUT2D eigenvalue weighted by atomic mass is 16.5. The molecule has 21 heavy (non-hydrogen) atoms. The maximum Gasteiger partial charge on any atom is 0.146 e. The molecule has 0 unspecified atom stereocenters. The molecule has 0 saturated heterocycles. The predicted molar refractivity (Wildman–Crippen MR) is 86.1 cm³/mol. The Labute approximate surface area is 126 Å². The Bertz CT molecular complexity index is 579. The molecule has 0 aliphatic heterocycles. The van der Waals surface area contributed by atoms with Gasteiger partial charge in [0.25, 0.3) is 0 Å². The number of pyridine rings is 1. The first-order valence-electron chi connectivity index (χ1n) is 7.20. The topological polar surface area (TPSA) is 60.2 Å². The highest BCUT2D eigenvalue weighted by molar-refractivity contribution is 5.42. The highest BCUT2D eigenvalue weighted by Crippen LogP contribution is 2.28. The van der Waals surface area contributed by atoms with Gasteiger partial charge in [0.15, 0.2) is 0 Å². The lowest BCUT2D eigenvalue weighted by atomic mass is 9.82. The number of benzene rings is 1. The van der Waals surface area contributed by atoms with Crippen molar-refractivity contribution in [2.45, 2.75) is 39.2 Å². The first kappa shape index (κ1) is 15.3. The van der Waals surface area contributed by atoms with Crippen LogP contribution in [0.1, 0.15) is 38.3 Å². The van der Waals surface area contributed by atoms with Crippen molar-refractivity contribution >= 4 is 5.82 Å². The molecule has 1 aromatic carbocycles. The molecule has 0 radical (unpaired) electrons. The van der Waals surface area contributed by atoms with E-state index in [0.29, 0.717) is 12.4 Å². The average molecular weight is 285 g/mol. The second kappa shape index (κ2) is 6.59. The zero-order chi connectivity index (χ0) is 15.3. The minimum Gasteiger partial charge on any atom is -0.489 e. The summed E-state index contributed by atoms with van der Waals surface area (Å²) >= 11 is 0. The van der Waals surface area contributed by atoms with Crippen LogP contribution in [0.5, 0.6) is 5.75 Å². The molecule has 0 aliphatic carbocycles. The van der Waals surface area contributed by atoms with Gasteiger partial charge in [0, 0.05) is 11.8 Å². The molecule has 0 amide bonds. The Morgan fingerprint density at radius 3 is 2.52 bits per heavy atom. The van der Waals surface area contributed by atoms with Crippen molar-refractivity contribution in [3.63, 3.8) is 0 Å². The SMILES string of the molecule is CCC(C)(C)c1ccc(OCc2cccnc2NN)cc1. The fraction of sp³-hybridized carbons (Fsp3) is 0.353. The van der Waals surface area contributed by atoms with Crippen LogP contribution in [0.2, 0.25) is 0 Å². The fourth-order valence-corrected chi connectivity index (χ4v) is 2.05. The molecule has 0 saturated carbocycles. The van der Waals surface area contributed by atoms with Gasteiger partial charge in [0.05, 0.1) is 0 Å². The van der Waals surface area contributed by atoms with Crippen molar-refractivity contribution in [2.24, 2.45) is 5.84 Å². The van der Waals surface area contributed by atoms with E-state index in [9.17, 15) is 0 Å². The van der Waals surface area contributed by atoms with Crippen LogP contribution in [-0.4, -0.2) is 4.98 Å². The number of hydrazine groups is 1. The predicted octanol–water partition coefficient (Wildman–Crippen LogP) is 3.63. The lowest BCUT2D eigenvalue weighted by Gasteiger charge is -2.23. The third kappa shape index (κ3) is 3.73. The Morgan fingerprint density at radius 2 is 1.90 bits per heavy atom. The van der Waals surface area contributed by atoms with Gasteiger partial charge in [-0.15, -0.1) is 0 Å². The Morgan fingerprint density at radius 1 is 1.19 bits per heavy atom. The van der Waals surface area contributed by atoms with Gasteiger partial charge < -0.3 is 10.2 Å². The van der Waals surface area contributed by atoms with Crippen molar-refractivity contribution in [1.82, 2.24) is 4.98 Å². The molecule has 1 aromatic heterocycles. The number of rotatable bonds is 6. The Hall–Kier alpha value is -2.07. The van der Waals surface area contributed by atoms with E-state index < -0.39 is 0 Å². The first-order chi connectivity index (χ1) is 10.1. The fourth-order valence-electron chi connectivity index (χ4n) is 2.05. The lowest BCUT2D eigenvalue weighted by molar-refractivity contribution is 0.306. The summed E-state index contributed by atoms with van der Waals surface area (Å²) in [6.45, 7) is 7.13. The van der Waals surface area contributed by atoms with Gasteiger partial charge in [0.1, 0.15) is 18.2 Å². The van der Waals surface area contributed by atoms with Crippen LogP contribution in [0.15, 0.2) is 42.6 Å². The number of nitrogens with zero attached hydrogens (tertiary/aromatic N) is 1. The van der Waals surface area contributed by atoms with Crippen molar-refractivity contribution < 1.29 is 4.74 Å². The van der Waals surface area contributed by atoms with Crippen LogP contribution < -0.4 is 16.0 Å². The summed E-state index contributed by atoms with van der Waals surface area (Å²) in [6, 6.07) is 12.1. The van der Waals surface area contributed by atoms with Crippen molar-refractivity contribution in [1.29, 1.82) is 0 Å². The summed E-state index contributed by atoms with van der Waals surface area (Å²) in [5.41, 5.74) is 5.02. The minimum atomic E-state index is 0.193. The van der Waals surface area contributed by atoms with E-state index in [0.717, 1.165) is 17.7 Å². The summed E-state index contributed by atoms with van der Waals surface area (Å²) in [5, 5.41) is 0. The van der Waals surface area contributed by atoms with Gasteiger partial charge in [0.2, 0.25) is 0 Å². The van der Waals surface area contributed by atoms with Crippen LogP contribution in [0.3, 0.4) is 0 Å². The molecule has 3 N–H and O–H groups in total. The van der Waals surface area contributed by atoms with Gasteiger partial charge in [-0.05, 0) is 35.6 Å². The zero-order valence-corrected chi connectivity index (χ0v) is 12.9. The van der Waals surface area contributed by atoms with Crippen LogP contribution in [0.25, 0.3) is 0 Å². The third-order valence-corrected chi connectivity index (χ3v) is 3.94. The van der Waals surface area contributed by atoms with Gasteiger partial charge in [-0.1, -0.05) is 39.0 Å². The molecule has 0 aliphatic rings. The van der Waals surface area contributed by atoms with E-state index >= 15 is 0 Å². The van der Waals surface area contributed by atoms with Gasteiger partial charge in [-0.3, -0.25) is 0 Å². The maximum absolute atomic E-state index is 5.80. The summed E-state index contributed by atoms with van der Waals surface area (Å²) in [7, 11) is 0. The Kier molecular flexibility index (Phi) is 4.81. The molecular formula is C17H23N3O. The molecule has 112 valence electrons. The van der Waals surface area contributed by atoms with Crippen LogP contribution in [0.4, 0.5) is 5.82 Å². The van der Waals surface area contributed by atoms with Gasteiger partial charge >= 0.3 is 0 Å². The first-order valence-corrected chi connectivity index (χ1v) is 7.20. The maximum atomic E-state index is 5.80. The number of nitrogens with two attached hydrogens (primary N) is 1. The number of anilines is 1. The standard InChI is InChI=1S/C17H23N3O/c1-4-17(2,3)14-7-9-15(10-8-14)21-12-13-6-5-11-19-16(13)20-18/h5-11H,4,12,18H2,1-3H3,(H,19,20). The summed E-state index contributed by atoms with van der Waals surface area (Å²) in [4.78, 5) is 4.15. The van der Waals surface area contributed by atoms with E-state index in [1.54, 1.807) is 6.20 Å². The monoisotopic (exact) mass is 285 g/mol. The van der Waals surface area contributed by atoms with E-state index in [2.05, 4.69) is 43.3 Å². The molecule has 0 fully saturated rings. The summed E-state index contributed by atoms with van der Waals surface area (Å²) < 4.78 is 5.80. The largest absolute Gasteiger partial charge is 0.489 e. The van der Waals surface area contributed by atoms with Crippen LogP contribution in [0, 0.1) is 0 Å². The normalized spacial score (nSPS) is 11.2. The van der Waals surface area contributed by atoms with Crippen molar-refractivity contribution in [3.05, 3.63) is 53.7 Å². The number of nitrogens with one attached hydrogen (secondary N) is 1. The molecule has 2 aromatic rings. The lowest BCUT2D eigenvalue weighted by Crippen LogP contribution is -2.15. The van der Waals surface area contributed by atoms with Crippen LogP contribution in [-0.2, 0) is 12.0 Å². The molecule has 4 heteroatoms. The summed E-state index contributed by atoms with van der Waals surface area (Å²) in [6.07, 6.45) is 2.80. The number of hydrogen-bond acceptors (Lipinski definition) is 4. The zero-order valence-electron chi connectivity index (χ0n) is 12.9. The number of ether oxygens (including phenoxy) is 1. The molecule has 1 heterocycles. The molecule has 4 nitrogen and oxygen atoms in total. The highest BCUT2D eigenvalue weighted by Gasteiger charge is 2.17. The van der Waals surface area contributed by atoms with Crippen molar-refractivity contribution in [2.75, 3.05) is 5.43 Å². The molecular weight excluding hydrogens is 262 g/mol. The molecule has 2 rings (SSSR count). The van der Waals surface area contributed by atoms with Crippen LogP contribution >= 0.6 is 0 Å². The molecule has 0 atom stereocenters. The number of aromatic nitrogens is 1. The number of hydrogen-bond donors (Lipinski definition) is 2. The second-order valence-corrected chi connectivity index (χ2v) is 5.71. The molecule has 0 bridgehead atoms. The quantitative estimate of drug-likeness (QED) is 0.628. The van der Waals surface area contributed by atoms with E-state index in [1.807, 2.05) is 24.3 Å². The molecule has 0 spiro atoms. The van der Waals surface area contributed by atoms with Crippen molar-refractivity contribution in [3.8, 4) is 5.75 Å². The van der Waals surface area contributed by atoms with E-state index in [4.69, 9.17) is 10.6 Å². The second-order valence-electron chi connectivity index (χ2n) is 5.71. The third-order valence-electron chi connectivity index (χ3n) is 3.94. The smallest absolute Gasteiger partial charge is 0.146 e. The van der Waals surface area contributed by atoms with Gasteiger partial charge in [-0.25, -0.2) is 10.8 Å². The van der Waals surface area contributed by atoms with Gasteiger partial charge in [-0.2, -0.15) is 0 Å². The Balaban J connectivity index is 2.04. The number of nitrogen functional groups attached to an aromatic ring is 1. The summed E-state index contributed by atoms with van der Waals surface area (Å²) in [5.74, 6) is 6.92. The van der Waals surface area contributed by atoms with E-state index in [1.165, 1.54) is 5.56 Å². The van der Waals surface area contributed by atoms with E-state index in [-0.39, 0.29) is 5.41 Å². The minimum absolute atomic E-state index is 0.193. The average Bonchev–Trinajstić information content (AvgIpc) is 2.53.